The molecule has 8 nitrogen and oxygen atoms in total. The van der Waals surface area contributed by atoms with Crippen molar-refractivity contribution in [1.29, 1.82) is 0 Å². The largest absolute Gasteiger partial charge is 0.463 e. The van der Waals surface area contributed by atoms with Gasteiger partial charge in [-0.05, 0) is 12.0 Å². The quantitative estimate of drug-likeness (QED) is 0.656. The lowest BCUT2D eigenvalue weighted by atomic mass is 9.99. The Bertz CT molecular complexity index is 588. The predicted octanol–water partition coefficient (Wildman–Crippen LogP) is 0.187. The highest BCUT2D eigenvalue weighted by molar-refractivity contribution is 5.66. The fraction of sp³-hybridized carbons (Fsp3) is 0.556. The lowest BCUT2D eigenvalue weighted by Gasteiger charge is -2.41. The number of aliphatic hydroxyl groups is 2. The maximum absolute atomic E-state index is 11.3. The Labute approximate surface area is 151 Å². The number of benzene rings is 1. The Morgan fingerprint density at radius 1 is 1.08 bits per heavy atom. The number of hydrogen-bond acceptors (Lipinski definition) is 8. The average Bonchev–Trinajstić information content (AvgIpc) is 2.60. The Morgan fingerprint density at radius 2 is 1.77 bits per heavy atom. The van der Waals surface area contributed by atoms with Crippen LogP contribution in [-0.4, -0.2) is 66.1 Å². The Hall–Kier alpha value is -2.00. The molecule has 0 spiro atoms. The Morgan fingerprint density at radius 3 is 2.38 bits per heavy atom. The lowest BCUT2D eigenvalue weighted by molar-refractivity contribution is -0.304. The molecule has 0 aliphatic carbocycles. The third kappa shape index (κ3) is 5.77. The molecular weight excluding hydrogens is 344 g/mol. The molecule has 1 saturated heterocycles. The molecule has 1 aromatic carbocycles. The van der Waals surface area contributed by atoms with E-state index in [1.54, 1.807) is 0 Å². The van der Waals surface area contributed by atoms with Crippen LogP contribution in [0.5, 0.6) is 0 Å². The van der Waals surface area contributed by atoms with E-state index < -0.39 is 42.6 Å². The fourth-order valence-corrected chi connectivity index (χ4v) is 2.63. The first-order valence-electron chi connectivity index (χ1n) is 8.36. The summed E-state index contributed by atoms with van der Waals surface area (Å²) < 4.78 is 21.1. The second kappa shape index (κ2) is 9.63. The lowest BCUT2D eigenvalue weighted by Crippen LogP contribution is -2.60. The smallest absolute Gasteiger partial charge is 0.303 e. The summed E-state index contributed by atoms with van der Waals surface area (Å²) in [7, 11) is 0. The van der Waals surface area contributed by atoms with Crippen LogP contribution >= 0.6 is 0 Å². The standard InChI is InChI=1S/C18H24O8/c1-11(19)24-10-14-15(21)16(22)17(25-12(2)20)18(26-14)23-9-8-13-6-4-3-5-7-13/h3-7,14-18,21-22H,8-10H2,1-2H3/t14-,15+,16-,17+,18+/m0/s1. The Balaban J connectivity index is 2.01. The molecule has 0 bridgehead atoms. The van der Waals surface area contributed by atoms with Crippen LogP contribution in [0, 0.1) is 0 Å². The van der Waals surface area contributed by atoms with Gasteiger partial charge >= 0.3 is 11.9 Å². The third-order valence-corrected chi connectivity index (χ3v) is 3.91. The van der Waals surface area contributed by atoms with Gasteiger partial charge in [0.05, 0.1) is 6.61 Å². The molecular formula is C18H24O8. The van der Waals surface area contributed by atoms with Gasteiger partial charge < -0.3 is 29.2 Å². The number of aliphatic hydroxyl groups excluding tert-OH is 2. The van der Waals surface area contributed by atoms with E-state index in [1.807, 2.05) is 30.3 Å². The van der Waals surface area contributed by atoms with Crippen LogP contribution in [0.3, 0.4) is 0 Å². The molecule has 0 radical (unpaired) electrons. The van der Waals surface area contributed by atoms with Crippen LogP contribution in [0.4, 0.5) is 0 Å². The van der Waals surface area contributed by atoms with Gasteiger partial charge in [-0.2, -0.15) is 0 Å². The van der Waals surface area contributed by atoms with E-state index >= 15 is 0 Å². The summed E-state index contributed by atoms with van der Waals surface area (Å²) in [6.45, 7) is 2.40. The highest BCUT2D eigenvalue weighted by Crippen LogP contribution is 2.25. The van der Waals surface area contributed by atoms with E-state index in [2.05, 4.69) is 0 Å². The van der Waals surface area contributed by atoms with Crippen LogP contribution in [0.25, 0.3) is 0 Å². The summed E-state index contributed by atoms with van der Waals surface area (Å²) in [5.74, 6) is -1.18. The second-order valence-electron chi connectivity index (χ2n) is 6.01. The monoisotopic (exact) mass is 368 g/mol. The van der Waals surface area contributed by atoms with E-state index in [1.165, 1.54) is 13.8 Å². The molecule has 1 aliphatic rings. The van der Waals surface area contributed by atoms with Gasteiger partial charge in [0.1, 0.15) is 24.9 Å². The van der Waals surface area contributed by atoms with Crippen molar-refractivity contribution in [2.24, 2.45) is 0 Å². The zero-order valence-corrected chi connectivity index (χ0v) is 14.7. The molecule has 0 saturated carbocycles. The van der Waals surface area contributed by atoms with Crippen molar-refractivity contribution in [2.45, 2.75) is 51.0 Å². The highest BCUT2D eigenvalue weighted by atomic mass is 16.7. The molecule has 1 fully saturated rings. The summed E-state index contributed by atoms with van der Waals surface area (Å²) in [6, 6.07) is 9.60. The van der Waals surface area contributed by atoms with E-state index in [0.29, 0.717) is 6.42 Å². The molecule has 1 aromatic rings. The maximum atomic E-state index is 11.3. The van der Waals surface area contributed by atoms with Crippen LogP contribution in [0.2, 0.25) is 0 Å². The van der Waals surface area contributed by atoms with Gasteiger partial charge in [0.2, 0.25) is 0 Å². The number of ether oxygens (including phenoxy) is 4. The zero-order chi connectivity index (χ0) is 19.1. The maximum Gasteiger partial charge on any atom is 0.303 e. The van der Waals surface area contributed by atoms with Crippen molar-refractivity contribution in [2.75, 3.05) is 13.2 Å². The summed E-state index contributed by atoms with van der Waals surface area (Å²) in [5, 5.41) is 20.4. The van der Waals surface area contributed by atoms with E-state index in [4.69, 9.17) is 18.9 Å². The SMILES string of the molecule is CC(=O)OC[C@@H]1O[C@@H](OCCc2ccccc2)[C@H](OC(C)=O)[C@@H](O)[C@@H]1O. The molecule has 8 heteroatoms. The molecule has 1 heterocycles. The first-order valence-corrected chi connectivity index (χ1v) is 8.36. The Kier molecular flexibility index (Phi) is 7.52. The molecule has 5 atom stereocenters. The minimum atomic E-state index is -1.44. The van der Waals surface area contributed by atoms with Gasteiger partial charge in [-0.1, -0.05) is 30.3 Å². The van der Waals surface area contributed by atoms with Crippen molar-refractivity contribution >= 4 is 11.9 Å². The van der Waals surface area contributed by atoms with Gasteiger partial charge in [0.25, 0.3) is 0 Å². The van der Waals surface area contributed by atoms with Crippen molar-refractivity contribution in [1.82, 2.24) is 0 Å². The topological polar surface area (TPSA) is 112 Å². The minimum Gasteiger partial charge on any atom is -0.463 e. The zero-order valence-electron chi connectivity index (χ0n) is 14.7. The number of carbonyl (C=O) groups is 2. The molecule has 2 rings (SSSR count). The molecule has 2 N–H and O–H groups in total. The molecule has 144 valence electrons. The van der Waals surface area contributed by atoms with E-state index in [0.717, 1.165) is 5.56 Å². The highest BCUT2D eigenvalue weighted by Gasteiger charge is 2.47. The summed E-state index contributed by atoms with van der Waals surface area (Å²) in [5.41, 5.74) is 1.05. The molecule has 0 amide bonds. The van der Waals surface area contributed by atoms with Gasteiger partial charge in [0, 0.05) is 13.8 Å². The van der Waals surface area contributed by atoms with E-state index in [-0.39, 0.29) is 13.2 Å². The predicted molar refractivity (Wildman–Crippen MR) is 89.0 cm³/mol. The van der Waals surface area contributed by atoms with Crippen molar-refractivity contribution in [3.8, 4) is 0 Å². The van der Waals surface area contributed by atoms with Crippen molar-refractivity contribution in [3.63, 3.8) is 0 Å². The van der Waals surface area contributed by atoms with Crippen molar-refractivity contribution in [3.05, 3.63) is 35.9 Å². The van der Waals surface area contributed by atoms with Gasteiger partial charge in [-0.3, -0.25) is 9.59 Å². The number of carbonyl (C=O) groups excluding carboxylic acids is 2. The van der Waals surface area contributed by atoms with Crippen LogP contribution < -0.4 is 0 Å². The second-order valence-corrected chi connectivity index (χ2v) is 6.01. The molecule has 26 heavy (non-hydrogen) atoms. The van der Waals surface area contributed by atoms with Crippen molar-refractivity contribution < 1.29 is 38.7 Å². The molecule has 0 unspecified atom stereocenters. The first kappa shape index (κ1) is 20.3. The number of rotatable bonds is 7. The fourth-order valence-electron chi connectivity index (χ4n) is 2.63. The minimum absolute atomic E-state index is 0.246. The van der Waals surface area contributed by atoms with Gasteiger partial charge in [0.15, 0.2) is 12.4 Å². The van der Waals surface area contributed by atoms with Gasteiger partial charge in [-0.25, -0.2) is 0 Å². The average molecular weight is 368 g/mol. The normalized spacial score (nSPS) is 28.4. The van der Waals surface area contributed by atoms with Crippen LogP contribution in [0.15, 0.2) is 30.3 Å². The summed E-state index contributed by atoms with van der Waals surface area (Å²) in [6.07, 6.45) is -5.53. The van der Waals surface area contributed by atoms with Crippen LogP contribution in [-0.2, 0) is 35.0 Å². The van der Waals surface area contributed by atoms with Crippen LogP contribution in [0.1, 0.15) is 19.4 Å². The first-order chi connectivity index (χ1) is 12.4. The number of esters is 2. The molecule has 0 aromatic heterocycles. The van der Waals surface area contributed by atoms with E-state index in [9.17, 15) is 19.8 Å². The number of hydrogen-bond donors (Lipinski definition) is 2. The summed E-state index contributed by atoms with van der Waals surface area (Å²) in [4.78, 5) is 22.3. The summed E-state index contributed by atoms with van der Waals surface area (Å²) >= 11 is 0. The van der Waals surface area contributed by atoms with Gasteiger partial charge in [-0.15, -0.1) is 0 Å². The molecule has 1 aliphatic heterocycles. The third-order valence-electron chi connectivity index (χ3n) is 3.91.